The number of carbonyl (C=O) groups excluding carboxylic acids is 1. The molecule has 0 saturated heterocycles. The molecule has 0 bridgehead atoms. The number of amides is 1. The number of aryl methyl sites for hydroxylation is 1. The molecule has 2 N–H and O–H groups in total. The lowest BCUT2D eigenvalue weighted by Crippen LogP contribution is -2.18. The van der Waals surface area contributed by atoms with Crippen LogP contribution in [0.3, 0.4) is 0 Å². The van der Waals surface area contributed by atoms with Gasteiger partial charge < -0.3 is 10.6 Å². The minimum absolute atomic E-state index is 0.0269. The largest absolute Gasteiger partial charge is 0.350 e. The smallest absolute Gasteiger partial charge is 0.238 e. The summed E-state index contributed by atoms with van der Waals surface area (Å²) in [5, 5.41) is 6.31. The molecule has 0 saturated carbocycles. The first-order chi connectivity index (χ1) is 13.7. The van der Waals surface area contributed by atoms with E-state index in [0.717, 1.165) is 57.5 Å². The van der Waals surface area contributed by atoms with E-state index in [1.165, 1.54) is 0 Å². The van der Waals surface area contributed by atoms with E-state index in [1.807, 2.05) is 30.3 Å². The Morgan fingerprint density at radius 1 is 1.14 bits per heavy atom. The Balaban J connectivity index is 1.54. The van der Waals surface area contributed by atoms with Crippen molar-refractivity contribution >= 4 is 33.5 Å². The number of aromatic nitrogens is 3. The van der Waals surface area contributed by atoms with Crippen molar-refractivity contribution in [1.29, 1.82) is 0 Å². The maximum Gasteiger partial charge on any atom is 0.238 e. The number of benzene rings is 1. The van der Waals surface area contributed by atoms with Gasteiger partial charge in [0.05, 0.1) is 5.69 Å². The number of nitrogens with zero attached hydrogens (tertiary/aromatic N) is 3. The summed E-state index contributed by atoms with van der Waals surface area (Å²) in [5.41, 5.74) is 5.94. The first-order valence-electron chi connectivity index (χ1n) is 9.32. The molecule has 1 aromatic carbocycles. The van der Waals surface area contributed by atoms with E-state index in [2.05, 4.69) is 31.5 Å². The first kappa shape index (κ1) is 17.3. The van der Waals surface area contributed by atoms with Gasteiger partial charge in [-0.1, -0.05) is 15.9 Å². The second kappa shape index (κ2) is 6.98. The van der Waals surface area contributed by atoms with E-state index in [1.54, 1.807) is 12.4 Å². The molecule has 0 fully saturated rings. The number of hydrogen-bond acceptors (Lipinski definition) is 5. The lowest BCUT2D eigenvalue weighted by atomic mass is 9.93. The third-order valence-corrected chi connectivity index (χ3v) is 5.78. The van der Waals surface area contributed by atoms with Crippen molar-refractivity contribution in [3.05, 3.63) is 75.3 Å². The topological polar surface area (TPSA) is 79.8 Å². The molecule has 2 aliphatic rings. The van der Waals surface area contributed by atoms with Crippen molar-refractivity contribution in [2.24, 2.45) is 0 Å². The third-order valence-electron chi connectivity index (χ3n) is 5.28. The molecule has 6 nitrogen and oxygen atoms in total. The van der Waals surface area contributed by atoms with Gasteiger partial charge in [0.2, 0.25) is 11.9 Å². The van der Waals surface area contributed by atoms with Crippen LogP contribution in [0, 0.1) is 0 Å². The van der Waals surface area contributed by atoms with Crippen LogP contribution in [-0.4, -0.2) is 20.9 Å². The summed E-state index contributed by atoms with van der Waals surface area (Å²) in [6, 6.07) is 9.79. The molecule has 1 aliphatic heterocycles. The second-order valence-corrected chi connectivity index (χ2v) is 7.99. The standard InChI is InChI=1S/C21H18BrN5O/c22-13-4-5-17-15(10-13)18(20(28)25-17)19-14-2-1-3-16(14)26-21(27-19)24-11-12-6-8-23-9-7-12/h4-10,18H,1-3,11H2,(H,25,28)(H,24,26,27). The van der Waals surface area contributed by atoms with Gasteiger partial charge in [0.1, 0.15) is 5.92 Å². The SMILES string of the molecule is O=C1Nc2ccc(Br)cc2C1c1nc(NCc2ccncc2)nc2c1CCC2. The highest BCUT2D eigenvalue weighted by atomic mass is 79.9. The van der Waals surface area contributed by atoms with Crippen LogP contribution in [0.15, 0.2) is 47.2 Å². The Morgan fingerprint density at radius 2 is 2.00 bits per heavy atom. The molecule has 3 aromatic rings. The summed E-state index contributed by atoms with van der Waals surface area (Å²) in [6.07, 6.45) is 6.43. The van der Waals surface area contributed by atoms with Gasteiger partial charge in [-0.2, -0.15) is 0 Å². The molecular formula is C21H18BrN5O. The number of anilines is 2. The Bertz CT molecular complexity index is 1070. The number of fused-ring (bicyclic) bond motifs is 2. The molecule has 1 aliphatic carbocycles. The van der Waals surface area contributed by atoms with Crippen LogP contribution in [0.1, 0.15) is 40.4 Å². The number of halogens is 1. The average Bonchev–Trinajstić information content (AvgIpc) is 3.30. The zero-order valence-electron chi connectivity index (χ0n) is 15.1. The highest BCUT2D eigenvalue weighted by molar-refractivity contribution is 9.10. The van der Waals surface area contributed by atoms with Crippen molar-refractivity contribution in [3.63, 3.8) is 0 Å². The number of carbonyl (C=O) groups is 1. The third kappa shape index (κ3) is 3.05. The van der Waals surface area contributed by atoms with Crippen LogP contribution in [0.4, 0.5) is 11.6 Å². The van der Waals surface area contributed by atoms with Gasteiger partial charge in [-0.15, -0.1) is 0 Å². The van der Waals surface area contributed by atoms with Gasteiger partial charge in [-0.05, 0) is 66.3 Å². The van der Waals surface area contributed by atoms with E-state index in [0.29, 0.717) is 12.5 Å². The molecule has 1 amide bonds. The molecule has 3 heterocycles. The van der Waals surface area contributed by atoms with Crippen molar-refractivity contribution in [2.75, 3.05) is 10.6 Å². The minimum atomic E-state index is -0.399. The molecule has 28 heavy (non-hydrogen) atoms. The van der Waals surface area contributed by atoms with E-state index in [4.69, 9.17) is 9.97 Å². The molecule has 5 rings (SSSR count). The highest BCUT2D eigenvalue weighted by Gasteiger charge is 2.36. The minimum Gasteiger partial charge on any atom is -0.350 e. The molecule has 1 unspecified atom stereocenters. The van der Waals surface area contributed by atoms with Crippen LogP contribution in [0.25, 0.3) is 0 Å². The summed E-state index contributed by atoms with van der Waals surface area (Å²) < 4.78 is 0.953. The van der Waals surface area contributed by atoms with Gasteiger partial charge in [0.25, 0.3) is 0 Å². The van der Waals surface area contributed by atoms with Crippen LogP contribution in [-0.2, 0) is 24.2 Å². The van der Waals surface area contributed by atoms with Crippen molar-refractivity contribution < 1.29 is 4.79 Å². The Morgan fingerprint density at radius 3 is 2.86 bits per heavy atom. The average molecular weight is 436 g/mol. The highest BCUT2D eigenvalue weighted by Crippen LogP contribution is 2.41. The summed E-state index contributed by atoms with van der Waals surface area (Å²) in [4.78, 5) is 26.4. The number of nitrogens with one attached hydrogen (secondary N) is 2. The predicted molar refractivity (Wildman–Crippen MR) is 110 cm³/mol. The molecular weight excluding hydrogens is 418 g/mol. The molecule has 0 radical (unpaired) electrons. The molecule has 1 atom stereocenters. The molecule has 2 aromatic heterocycles. The second-order valence-electron chi connectivity index (χ2n) is 7.07. The van der Waals surface area contributed by atoms with E-state index in [9.17, 15) is 4.79 Å². The maximum absolute atomic E-state index is 12.8. The van der Waals surface area contributed by atoms with Crippen molar-refractivity contribution in [3.8, 4) is 0 Å². The Kier molecular flexibility index (Phi) is 4.31. The van der Waals surface area contributed by atoms with E-state index in [-0.39, 0.29) is 5.91 Å². The number of pyridine rings is 1. The lowest BCUT2D eigenvalue weighted by molar-refractivity contribution is -0.116. The summed E-state index contributed by atoms with van der Waals surface area (Å²) in [5.74, 6) is 0.147. The van der Waals surface area contributed by atoms with Gasteiger partial charge in [-0.3, -0.25) is 9.78 Å². The lowest BCUT2D eigenvalue weighted by Gasteiger charge is -2.15. The van der Waals surface area contributed by atoms with E-state index >= 15 is 0 Å². The van der Waals surface area contributed by atoms with Crippen LogP contribution < -0.4 is 10.6 Å². The fourth-order valence-electron chi connectivity index (χ4n) is 3.96. The Labute approximate surface area is 171 Å². The van der Waals surface area contributed by atoms with Gasteiger partial charge in [-0.25, -0.2) is 9.97 Å². The zero-order valence-corrected chi connectivity index (χ0v) is 16.7. The van der Waals surface area contributed by atoms with Crippen LogP contribution in [0.2, 0.25) is 0 Å². The maximum atomic E-state index is 12.8. The van der Waals surface area contributed by atoms with Gasteiger partial charge in [0, 0.05) is 34.8 Å². The predicted octanol–water partition coefficient (Wildman–Crippen LogP) is 3.82. The number of hydrogen-bond donors (Lipinski definition) is 2. The van der Waals surface area contributed by atoms with Crippen molar-refractivity contribution in [2.45, 2.75) is 31.7 Å². The van der Waals surface area contributed by atoms with Gasteiger partial charge in [0.15, 0.2) is 0 Å². The quantitative estimate of drug-likeness (QED) is 0.650. The van der Waals surface area contributed by atoms with Crippen LogP contribution >= 0.6 is 15.9 Å². The molecule has 140 valence electrons. The normalized spacial score (nSPS) is 17.2. The van der Waals surface area contributed by atoms with Crippen molar-refractivity contribution in [1.82, 2.24) is 15.0 Å². The summed E-state index contributed by atoms with van der Waals surface area (Å²) in [6.45, 7) is 0.611. The summed E-state index contributed by atoms with van der Waals surface area (Å²) in [7, 11) is 0. The molecule has 7 heteroatoms. The zero-order chi connectivity index (χ0) is 19.1. The Hall–Kier alpha value is -2.80. The van der Waals surface area contributed by atoms with E-state index < -0.39 is 5.92 Å². The monoisotopic (exact) mass is 435 g/mol. The first-order valence-corrected chi connectivity index (χ1v) is 10.1. The van der Waals surface area contributed by atoms with Gasteiger partial charge >= 0.3 is 0 Å². The fraction of sp³-hybridized carbons (Fsp3) is 0.238. The summed E-state index contributed by atoms with van der Waals surface area (Å²) >= 11 is 3.52. The molecule has 0 spiro atoms. The van der Waals surface area contributed by atoms with Crippen LogP contribution in [0.5, 0.6) is 0 Å². The fourth-order valence-corrected chi connectivity index (χ4v) is 4.34. The number of rotatable bonds is 4.